The standard InChI is InChI=1S/C15H26O/c1-10-6-7-15(5)8-12(9-16)14(3,4)13(15)11(10)2/h12-13,16H,6-9H2,1-5H3. The number of hydrogen-bond acceptors (Lipinski definition) is 1. The Bertz CT molecular complexity index is 326. The molecule has 0 amide bonds. The first kappa shape index (κ1) is 12.2. The first-order chi connectivity index (χ1) is 7.33. The molecule has 1 fully saturated rings. The van der Waals surface area contributed by atoms with Gasteiger partial charge in [0.25, 0.3) is 0 Å². The lowest BCUT2D eigenvalue weighted by Gasteiger charge is -2.43. The Kier molecular flexibility index (Phi) is 2.73. The van der Waals surface area contributed by atoms with Crippen LogP contribution in [0.3, 0.4) is 0 Å². The highest BCUT2D eigenvalue weighted by Gasteiger charge is 2.56. The molecule has 16 heavy (non-hydrogen) atoms. The number of fused-ring (bicyclic) bond motifs is 1. The van der Waals surface area contributed by atoms with Gasteiger partial charge >= 0.3 is 0 Å². The molecular weight excluding hydrogens is 196 g/mol. The van der Waals surface area contributed by atoms with Crippen LogP contribution in [0.1, 0.15) is 53.9 Å². The van der Waals surface area contributed by atoms with E-state index in [1.165, 1.54) is 19.3 Å². The van der Waals surface area contributed by atoms with Gasteiger partial charge in [-0.15, -0.1) is 0 Å². The predicted octanol–water partition coefficient (Wildman–Crippen LogP) is 3.78. The van der Waals surface area contributed by atoms with Crippen molar-refractivity contribution < 1.29 is 5.11 Å². The van der Waals surface area contributed by atoms with E-state index in [1.54, 1.807) is 11.1 Å². The summed E-state index contributed by atoms with van der Waals surface area (Å²) in [5, 5.41) is 9.60. The van der Waals surface area contributed by atoms with Crippen LogP contribution in [-0.4, -0.2) is 11.7 Å². The minimum atomic E-state index is 0.259. The summed E-state index contributed by atoms with van der Waals surface area (Å²) in [5.74, 6) is 1.15. The third-order valence-corrected chi connectivity index (χ3v) is 5.60. The van der Waals surface area contributed by atoms with Crippen molar-refractivity contribution in [2.75, 3.05) is 6.61 Å². The molecule has 0 saturated heterocycles. The van der Waals surface area contributed by atoms with Gasteiger partial charge in [0.05, 0.1) is 0 Å². The highest BCUT2D eigenvalue weighted by Crippen LogP contribution is 2.63. The number of allylic oxidation sites excluding steroid dienone is 2. The molecule has 0 heterocycles. The molecule has 0 aromatic carbocycles. The van der Waals surface area contributed by atoms with E-state index < -0.39 is 0 Å². The zero-order valence-electron chi connectivity index (χ0n) is 11.4. The minimum absolute atomic E-state index is 0.259. The lowest BCUT2D eigenvalue weighted by atomic mass is 9.61. The Morgan fingerprint density at radius 2 is 1.88 bits per heavy atom. The van der Waals surface area contributed by atoms with Crippen molar-refractivity contribution in [1.29, 1.82) is 0 Å². The second-order valence-corrected chi connectivity index (χ2v) is 6.96. The van der Waals surface area contributed by atoms with E-state index in [9.17, 15) is 5.11 Å². The predicted molar refractivity (Wildman–Crippen MR) is 68.2 cm³/mol. The fourth-order valence-electron chi connectivity index (χ4n) is 4.62. The van der Waals surface area contributed by atoms with Crippen LogP contribution in [0.2, 0.25) is 0 Å². The van der Waals surface area contributed by atoms with E-state index in [-0.39, 0.29) is 5.41 Å². The zero-order valence-corrected chi connectivity index (χ0v) is 11.4. The molecular formula is C15H26O. The maximum absolute atomic E-state index is 9.60. The molecule has 0 aromatic rings. The van der Waals surface area contributed by atoms with Crippen LogP contribution in [0.15, 0.2) is 11.1 Å². The lowest BCUT2D eigenvalue weighted by Crippen LogP contribution is -2.35. The molecule has 2 rings (SSSR count). The highest BCUT2D eigenvalue weighted by molar-refractivity contribution is 5.26. The average Bonchev–Trinajstić information content (AvgIpc) is 2.41. The van der Waals surface area contributed by atoms with Crippen molar-refractivity contribution >= 4 is 0 Å². The number of hydrogen-bond donors (Lipinski definition) is 1. The van der Waals surface area contributed by atoms with Crippen molar-refractivity contribution in [3.05, 3.63) is 11.1 Å². The van der Waals surface area contributed by atoms with Crippen molar-refractivity contribution in [3.8, 4) is 0 Å². The van der Waals surface area contributed by atoms with Gasteiger partial charge in [0.15, 0.2) is 0 Å². The second-order valence-electron chi connectivity index (χ2n) is 6.96. The summed E-state index contributed by atoms with van der Waals surface area (Å²) in [5.41, 5.74) is 3.89. The van der Waals surface area contributed by atoms with E-state index in [4.69, 9.17) is 0 Å². The third-order valence-electron chi connectivity index (χ3n) is 5.60. The number of aliphatic hydroxyl groups is 1. The summed E-state index contributed by atoms with van der Waals surface area (Å²) >= 11 is 0. The first-order valence-electron chi connectivity index (χ1n) is 6.60. The van der Waals surface area contributed by atoms with Crippen LogP contribution >= 0.6 is 0 Å². The van der Waals surface area contributed by atoms with Gasteiger partial charge < -0.3 is 5.11 Å². The number of rotatable bonds is 1. The quantitative estimate of drug-likeness (QED) is 0.669. The maximum Gasteiger partial charge on any atom is 0.0464 e. The lowest BCUT2D eigenvalue weighted by molar-refractivity contribution is 0.111. The monoisotopic (exact) mass is 222 g/mol. The molecule has 0 aromatic heterocycles. The molecule has 1 heteroatoms. The zero-order chi connectivity index (χ0) is 12.1. The molecule has 3 unspecified atom stereocenters. The van der Waals surface area contributed by atoms with E-state index in [0.717, 1.165) is 0 Å². The van der Waals surface area contributed by atoms with Crippen molar-refractivity contribution in [3.63, 3.8) is 0 Å². The van der Waals surface area contributed by atoms with Crippen LogP contribution in [0.25, 0.3) is 0 Å². The van der Waals surface area contributed by atoms with Gasteiger partial charge in [-0.2, -0.15) is 0 Å². The Morgan fingerprint density at radius 3 is 2.44 bits per heavy atom. The van der Waals surface area contributed by atoms with E-state index in [0.29, 0.717) is 23.9 Å². The largest absolute Gasteiger partial charge is 0.396 e. The summed E-state index contributed by atoms with van der Waals surface area (Å²) in [6, 6.07) is 0. The van der Waals surface area contributed by atoms with Crippen LogP contribution in [0.4, 0.5) is 0 Å². The average molecular weight is 222 g/mol. The Labute approximate surface area is 99.9 Å². The molecule has 1 nitrogen and oxygen atoms in total. The van der Waals surface area contributed by atoms with Gasteiger partial charge in [0.2, 0.25) is 0 Å². The van der Waals surface area contributed by atoms with Crippen LogP contribution in [0, 0.1) is 22.7 Å². The van der Waals surface area contributed by atoms with Crippen LogP contribution < -0.4 is 0 Å². The Hall–Kier alpha value is -0.300. The van der Waals surface area contributed by atoms with Crippen molar-refractivity contribution in [1.82, 2.24) is 0 Å². The van der Waals surface area contributed by atoms with Gasteiger partial charge in [-0.25, -0.2) is 0 Å². The molecule has 0 radical (unpaired) electrons. The molecule has 0 aliphatic heterocycles. The molecule has 2 aliphatic rings. The number of aliphatic hydroxyl groups excluding tert-OH is 1. The van der Waals surface area contributed by atoms with E-state index in [1.807, 2.05) is 0 Å². The van der Waals surface area contributed by atoms with Gasteiger partial charge in [-0.3, -0.25) is 0 Å². The summed E-state index contributed by atoms with van der Waals surface area (Å²) in [7, 11) is 0. The summed E-state index contributed by atoms with van der Waals surface area (Å²) in [6.45, 7) is 12.1. The Morgan fingerprint density at radius 1 is 1.25 bits per heavy atom. The smallest absolute Gasteiger partial charge is 0.0464 e. The van der Waals surface area contributed by atoms with Gasteiger partial charge in [-0.1, -0.05) is 31.9 Å². The molecule has 0 bridgehead atoms. The van der Waals surface area contributed by atoms with Gasteiger partial charge in [0.1, 0.15) is 0 Å². The van der Waals surface area contributed by atoms with Gasteiger partial charge in [0, 0.05) is 6.61 Å². The first-order valence-corrected chi connectivity index (χ1v) is 6.60. The maximum atomic E-state index is 9.60. The van der Waals surface area contributed by atoms with Gasteiger partial charge in [-0.05, 0) is 55.8 Å². The normalized spacial score (nSPS) is 42.4. The highest BCUT2D eigenvalue weighted by atomic mass is 16.3. The molecule has 2 aliphatic carbocycles. The fourth-order valence-corrected chi connectivity index (χ4v) is 4.62. The van der Waals surface area contributed by atoms with Crippen LogP contribution in [-0.2, 0) is 0 Å². The minimum Gasteiger partial charge on any atom is -0.396 e. The molecule has 1 N–H and O–H groups in total. The molecule has 1 saturated carbocycles. The topological polar surface area (TPSA) is 20.2 Å². The molecule has 92 valence electrons. The summed E-state index contributed by atoms with van der Waals surface area (Å²) in [4.78, 5) is 0. The van der Waals surface area contributed by atoms with Crippen molar-refractivity contribution in [2.45, 2.75) is 53.9 Å². The van der Waals surface area contributed by atoms with Crippen LogP contribution in [0.5, 0.6) is 0 Å². The SMILES string of the molecule is CC1=C(C)C2C(C)(CC1)CC(CO)C2(C)C. The molecule has 3 atom stereocenters. The summed E-state index contributed by atoms with van der Waals surface area (Å²) in [6.07, 6.45) is 3.76. The third kappa shape index (κ3) is 1.48. The fraction of sp³-hybridized carbons (Fsp3) is 0.867. The Balaban J connectivity index is 2.46. The van der Waals surface area contributed by atoms with E-state index >= 15 is 0 Å². The second kappa shape index (κ2) is 3.60. The van der Waals surface area contributed by atoms with Crippen molar-refractivity contribution in [2.24, 2.45) is 22.7 Å². The molecule has 0 spiro atoms. The van der Waals surface area contributed by atoms with E-state index in [2.05, 4.69) is 34.6 Å². The summed E-state index contributed by atoms with van der Waals surface area (Å²) < 4.78 is 0.